The number of benzene rings is 2. The van der Waals surface area contributed by atoms with Crippen LogP contribution in [0.5, 0.6) is 5.75 Å². The highest BCUT2D eigenvalue weighted by atomic mass is 35.5. The molecule has 0 spiro atoms. The summed E-state index contributed by atoms with van der Waals surface area (Å²) in [5.41, 5.74) is 0.500. The molecule has 9 nitrogen and oxygen atoms in total. The second kappa shape index (κ2) is 8.49. The summed E-state index contributed by atoms with van der Waals surface area (Å²) in [6, 6.07) is 13.8. The summed E-state index contributed by atoms with van der Waals surface area (Å²) in [6.07, 6.45) is -0.187. The fourth-order valence-electron chi connectivity index (χ4n) is 3.31. The fourth-order valence-corrected chi connectivity index (χ4v) is 3.50. The molecule has 1 aliphatic heterocycles. The van der Waals surface area contributed by atoms with E-state index in [0.717, 1.165) is 0 Å². The molecule has 4 rings (SSSR count). The highest BCUT2D eigenvalue weighted by Crippen LogP contribution is 2.32. The lowest BCUT2D eigenvalue weighted by Crippen LogP contribution is -2.36. The minimum atomic E-state index is -1.02. The maximum Gasteiger partial charge on any atom is 0.258 e. The SMILES string of the molecule is COc1ccccc1Nc1nc2c(c(=O)[nH]1)[C@@H](C(=O)Nc1ccccc1Cl)CC(=O)N2. The van der Waals surface area contributed by atoms with E-state index in [4.69, 9.17) is 16.3 Å². The van der Waals surface area contributed by atoms with Gasteiger partial charge in [0.15, 0.2) is 0 Å². The first-order valence-corrected chi connectivity index (χ1v) is 9.73. The summed E-state index contributed by atoms with van der Waals surface area (Å²) in [6.45, 7) is 0. The van der Waals surface area contributed by atoms with Gasteiger partial charge in [0, 0.05) is 6.42 Å². The number of rotatable bonds is 5. The second-order valence-electron chi connectivity index (χ2n) is 6.78. The molecule has 0 saturated carbocycles. The Balaban J connectivity index is 1.66. The zero-order valence-electron chi connectivity index (χ0n) is 16.4. The Morgan fingerprint density at radius 1 is 1.13 bits per heavy atom. The summed E-state index contributed by atoms with van der Waals surface area (Å²) in [4.78, 5) is 44.9. The van der Waals surface area contributed by atoms with Crippen molar-refractivity contribution in [2.75, 3.05) is 23.1 Å². The number of carbonyl (C=O) groups is 2. The number of carbonyl (C=O) groups excluding carboxylic acids is 2. The zero-order chi connectivity index (χ0) is 22.0. The molecule has 2 amide bonds. The summed E-state index contributed by atoms with van der Waals surface area (Å²) < 4.78 is 5.28. The number of nitrogens with one attached hydrogen (secondary N) is 4. The zero-order valence-corrected chi connectivity index (χ0v) is 17.1. The second-order valence-corrected chi connectivity index (χ2v) is 7.18. The van der Waals surface area contributed by atoms with Gasteiger partial charge in [0.05, 0.1) is 35.0 Å². The van der Waals surface area contributed by atoms with E-state index in [-0.39, 0.29) is 23.8 Å². The summed E-state index contributed by atoms with van der Waals surface area (Å²) in [5, 5.41) is 8.55. The Morgan fingerprint density at radius 2 is 1.84 bits per heavy atom. The number of amides is 2. The van der Waals surface area contributed by atoms with Gasteiger partial charge in [-0.05, 0) is 24.3 Å². The van der Waals surface area contributed by atoms with Crippen molar-refractivity contribution in [2.45, 2.75) is 12.3 Å². The van der Waals surface area contributed by atoms with E-state index < -0.39 is 23.3 Å². The third-order valence-electron chi connectivity index (χ3n) is 4.76. The highest BCUT2D eigenvalue weighted by Gasteiger charge is 2.35. The molecule has 1 aromatic heterocycles. The molecule has 31 heavy (non-hydrogen) atoms. The molecule has 0 unspecified atom stereocenters. The van der Waals surface area contributed by atoms with Crippen LogP contribution in [0.15, 0.2) is 53.3 Å². The van der Waals surface area contributed by atoms with Crippen molar-refractivity contribution in [3.05, 3.63) is 69.5 Å². The first-order valence-electron chi connectivity index (χ1n) is 9.35. The van der Waals surface area contributed by atoms with E-state index >= 15 is 0 Å². The van der Waals surface area contributed by atoms with E-state index in [2.05, 4.69) is 25.9 Å². The van der Waals surface area contributed by atoms with Gasteiger partial charge in [-0.1, -0.05) is 35.9 Å². The van der Waals surface area contributed by atoms with E-state index in [9.17, 15) is 14.4 Å². The third kappa shape index (κ3) is 4.22. The lowest BCUT2D eigenvalue weighted by molar-refractivity contribution is -0.123. The standard InChI is InChI=1S/C21H18ClN5O4/c1-31-15-9-5-4-8-14(15)24-21-26-18-17(20(30)27-21)11(10-16(28)25-18)19(29)23-13-7-3-2-6-12(13)22/h2-9,11H,10H2,1H3,(H,23,29)(H3,24,25,26,27,28,30)/t11-/m0/s1. The van der Waals surface area contributed by atoms with Crippen LogP contribution in [0.3, 0.4) is 0 Å². The third-order valence-corrected chi connectivity index (χ3v) is 5.09. The van der Waals surface area contributed by atoms with Gasteiger partial charge in [-0.25, -0.2) is 0 Å². The molecule has 0 saturated heterocycles. The van der Waals surface area contributed by atoms with Crippen LogP contribution in [0, 0.1) is 0 Å². The molecule has 2 heterocycles. The minimum absolute atomic E-state index is 0.0247. The van der Waals surface area contributed by atoms with Gasteiger partial charge < -0.3 is 20.7 Å². The van der Waals surface area contributed by atoms with Gasteiger partial charge in [-0.2, -0.15) is 4.98 Å². The maximum atomic E-state index is 12.9. The van der Waals surface area contributed by atoms with E-state index in [1.54, 1.807) is 48.5 Å². The molecule has 1 aliphatic rings. The number of anilines is 4. The predicted octanol–water partition coefficient (Wildman–Crippen LogP) is 3.24. The molecule has 2 aromatic carbocycles. The average molecular weight is 440 g/mol. The number of para-hydroxylation sites is 3. The van der Waals surface area contributed by atoms with Crippen molar-refractivity contribution < 1.29 is 14.3 Å². The van der Waals surface area contributed by atoms with Gasteiger partial charge in [-0.3, -0.25) is 19.4 Å². The Hall–Kier alpha value is -3.85. The van der Waals surface area contributed by atoms with Crippen LogP contribution in [-0.4, -0.2) is 28.9 Å². The van der Waals surface area contributed by atoms with Crippen molar-refractivity contribution in [3.63, 3.8) is 0 Å². The van der Waals surface area contributed by atoms with Crippen LogP contribution >= 0.6 is 11.6 Å². The first kappa shape index (κ1) is 20.4. The molecule has 4 N–H and O–H groups in total. The van der Waals surface area contributed by atoms with Gasteiger partial charge >= 0.3 is 0 Å². The lowest BCUT2D eigenvalue weighted by Gasteiger charge is -2.24. The van der Waals surface area contributed by atoms with Gasteiger partial charge in [0.25, 0.3) is 5.56 Å². The molecule has 3 aromatic rings. The smallest absolute Gasteiger partial charge is 0.258 e. The van der Waals surface area contributed by atoms with Crippen LogP contribution in [0.25, 0.3) is 0 Å². The lowest BCUT2D eigenvalue weighted by atomic mass is 9.92. The topological polar surface area (TPSA) is 125 Å². The number of hydrogen-bond donors (Lipinski definition) is 4. The Kier molecular flexibility index (Phi) is 5.59. The molecule has 0 fully saturated rings. The number of methoxy groups -OCH3 is 1. The van der Waals surface area contributed by atoms with Crippen LogP contribution < -0.4 is 26.2 Å². The van der Waals surface area contributed by atoms with Crippen molar-refractivity contribution in [1.29, 1.82) is 0 Å². The Morgan fingerprint density at radius 3 is 2.58 bits per heavy atom. The van der Waals surface area contributed by atoms with Crippen LogP contribution in [0.4, 0.5) is 23.1 Å². The molecule has 1 atom stereocenters. The Labute approximate surface area is 181 Å². The highest BCUT2D eigenvalue weighted by molar-refractivity contribution is 6.33. The van der Waals surface area contributed by atoms with E-state index in [1.165, 1.54) is 7.11 Å². The Bertz CT molecular complexity index is 1230. The summed E-state index contributed by atoms with van der Waals surface area (Å²) in [5.74, 6) is -1.30. The molecule has 158 valence electrons. The molecule has 0 radical (unpaired) electrons. The number of ether oxygens (including phenoxy) is 1. The van der Waals surface area contributed by atoms with Crippen LogP contribution in [0.2, 0.25) is 5.02 Å². The maximum absolute atomic E-state index is 12.9. The van der Waals surface area contributed by atoms with Crippen LogP contribution in [0.1, 0.15) is 17.9 Å². The van der Waals surface area contributed by atoms with Gasteiger partial charge in [-0.15, -0.1) is 0 Å². The van der Waals surface area contributed by atoms with E-state index in [0.29, 0.717) is 22.1 Å². The number of hydrogen-bond acceptors (Lipinski definition) is 6. The monoisotopic (exact) mass is 439 g/mol. The predicted molar refractivity (Wildman–Crippen MR) is 117 cm³/mol. The molecule has 10 heteroatoms. The average Bonchev–Trinajstić information content (AvgIpc) is 2.74. The largest absolute Gasteiger partial charge is 0.495 e. The number of nitrogens with zero attached hydrogens (tertiary/aromatic N) is 1. The quantitative estimate of drug-likeness (QED) is 0.483. The number of aromatic nitrogens is 2. The van der Waals surface area contributed by atoms with Crippen LogP contribution in [-0.2, 0) is 9.59 Å². The van der Waals surface area contributed by atoms with Crippen molar-refractivity contribution in [2.24, 2.45) is 0 Å². The normalized spacial score (nSPS) is 14.9. The summed E-state index contributed by atoms with van der Waals surface area (Å²) >= 11 is 6.10. The summed E-state index contributed by atoms with van der Waals surface area (Å²) in [7, 11) is 1.52. The molecular weight excluding hydrogens is 422 g/mol. The number of fused-ring (bicyclic) bond motifs is 1. The fraction of sp³-hybridized carbons (Fsp3) is 0.143. The molecular formula is C21H18ClN5O4. The molecule has 0 aliphatic carbocycles. The van der Waals surface area contributed by atoms with Crippen molar-refractivity contribution >= 4 is 46.6 Å². The minimum Gasteiger partial charge on any atom is -0.495 e. The van der Waals surface area contributed by atoms with Crippen molar-refractivity contribution in [1.82, 2.24) is 9.97 Å². The molecule has 0 bridgehead atoms. The number of aromatic amines is 1. The van der Waals surface area contributed by atoms with Gasteiger partial charge in [0.2, 0.25) is 17.8 Å². The van der Waals surface area contributed by atoms with Gasteiger partial charge in [0.1, 0.15) is 11.6 Å². The first-order chi connectivity index (χ1) is 15.0. The number of halogens is 1. The van der Waals surface area contributed by atoms with E-state index in [1.807, 2.05) is 0 Å². The number of H-pyrrole nitrogens is 1. The van der Waals surface area contributed by atoms with Crippen molar-refractivity contribution in [3.8, 4) is 5.75 Å².